The quantitative estimate of drug-likeness (QED) is 0.791. The van der Waals surface area contributed by atoms with Gasteiger partial charge in [-0.15, -0.1) is 0 Å². The number of anilines is 1. The zero-order valence-electron chi connectivity index (χ0n) is 9.72. The average molecular weight is 235 g/mol. The van der Waals surface area contributed by atoms with Crippen molar-refractivity contribution < 1.29 is 14.3 Å². The maximum atomic E-state index is 11.5. The van der Waals surface area contributed by atoms with Crippen LogP contribution in [0.1, 0.15) is 12.8 Å². The predicted molar refractivity (Wildman–Crippen MR) is 64.9 cm³/mol. The van der Waals surface area contributed by atoms with Gasteiger partial charge in [0.25, 0.3) is 0 Å². The van der Waals surface area contributed by atoms with Crippen molar-refractivity contribution in [2.24, 2.45) is 0 Å². The largest absolute Gasteiger partial charge is 0.460 e. The molecule has 4 heteroatoms. The molecule has 1 atom stereocenters. The molecule has 1 heterocycles. The number of hydrogen-bond acceptors (Lipinski definition) is 4. The number of para-hydroxylation sites is 1. The highest BCUT2D eigenvalue weighted by Crippen LogP contribution is 2.09. The second-order valence-corrected chi connectivity index (χ2v) is 4.02. The first-order valence-electron chi connectivity index (χ1n) is 5.91. The van der Waals surface area contributed by atoms with Gasteiger partial charge in [-0.1, -0.05) is 18.2 Å². The second kappa shape index (κ2) is 6.25. The van der Waals surface area contributed by atoms with Gasteiger partial charge in [-0.25, -0.2) is 0 Å². The van der Waals surface area contributed by atoms with Crippen LogP contribution in [-0.4, -0.2) is 31.8 Å². The Balaban J connectivity index is 1.63. The number of ether oxygens (including phenoxy) is 2. The van der Waals surface area contributed by atoms with E-state index in [1.165, 1.54) is 0 Å². The molecule has 1 aromatic rings. The van der Waals surface area contributed by atoms with Gasteiger partial charge < -0.3 is 14.8 Å². The zero-order chi connectivity index (χ0) is 11.9. The van der Waals surface area contributed by atoms with E-state index < -0.39 is 0 Å². The Bertz CT molecular complexity index is 347. The third-order valence-corrected chi connectivity index (χ3v) is 2.62. The van der Waals surface area contributed by atoms with Gasteiger partial charge in [0.15, 0.2) is 0 Å². The van der Waals surface area contributed by atoms with Crippen LogP contribution in [0.3, 0.4) is 0 Å². The summed E-state index contributed by atoms with van der Waals surface area (Å²) in [6, 6.07) is 9.80. The second-order valence-electron chi connectivity index (χ2n) is 4.02. The van der Waals surface area contributed by atoms with Crippen molar-refractivity contribution in [3.63, 3.8) is 0 Å². The molecule has 0 radical (unpaired) electrons. The van der Waals surface area contributed by atoms with E-state index in [0.717, 1.165) is 12.1 Å². The molecule has 0 aromatic heterocycles. The van der Waals surface area contributed by atoms with Crippen LogP contribution in [0.15, 0.2) is 30.3 Å². The van der Waals surface area contributed by atoms with Crippen LogP contribution in [0, 0.1) is 0 Å². The number of esters is 1. The maximum absolute atomic E-state index is 11.5. The molecule has 1 aliphatic heterocycles. The first kappa shape index (κ1) is 11.9. The van der Waals surface area contributed by atoms with Crippen LogP contribution in [0.25, 0.3) is 0 Å². The lowest BCUT2D eigenvalue weighted by molar-refractivity contribution is -0.148. The summed E-state index contributed by atoms with van der Waals surface area (Å²) in [6.07, 6.45) is 1.16. The van der Waals surface area contributed by atoms with Gasteiger partial charge in [-0.2, -0.15) is 0 Å². The Morgan fingerprint density at radius 1 is 1.41 bits per heavy atom. The first-order chi connectivity index (χ1) is 8.34. The van der Waals surface area contributed by atoms with Crippen molar-refractivity contribution in [2.75, 3.05) is 25.1 Å². The van der Waals surface area contributed by atoms with Crippen molar-refractivity contribution in [2.45, 2.75) is 18.9 Å². The van der Waals surface area contributed by atoms with Crippen molar-refractivity contribution >= 4 is 11.7 Å². The Morgan fingerprint density at radius 3 is 2.94 bits per heavy atom. The Morgan fingerprint density at radius 2 is 2.24 bits per heavy atom. The Kier molecular flexibility index (Phi) is 4.38. The number of carbonyl (C=O) groups excluding carboxylic acids is 1. The van der Waals surface area contributed by atoms with Gasteiger partial charge in [0.05, 0.1) is 19.6 Å². The molecule has 1 saturated heterocycles. The molecule has 1 fully saturated rings. The number of nitrogens with one attached hydrogen (secondary N) is 1. The molecule has 2 rings (SSSR count). The minimum Gasteiger partial charge on any atom is -0.460 e. The third kappa shape index (κ3) is 4.07. The van der Waals surface area contributed by atoms with E-state index in [0.29, 0.717) is 26.2 Å². The highest BCUT2D eigenvalue weighted by molar-refractivity contribution is 5.70. The van der Waals surface area contributed by atoms with Crippen LogP contribution in [0.2, 0.25) is 0 Å². The molecule has 92 valence electrons. The summed E-state index contributed by atoms with van der Waals surface area (Å²) in [5, 5.41) is 3.17. The molecule has 0 saturated carbocycles. The van der Waals surface area contributed by atoms with Gasteiger partial charge in [-0.3, -0.25) is 4.79 Å². The molecule has 0 bridgehead atoms. The zero-order valence-corrected chi connectivity index (χ0v) is 9.72. The number of benzene rings is 1. The van der Waals surface area contributed by atoms with E-state index in [2.05, 4.69) is 5.32 Å². The SMILES string of the molecule is O=C(CCNc1ccccc1)OC1CCOC1. The van der Waals surface area contributed by atoms with Crippen molar-refractivity contribution in [3.05, 3.63) is 30.3 Å². The van der Waals surface area contributed by atoms with E-state index in [4.69, 9.17) is 9.47 Å². The lowest BCUT2D eigenvalue weighted by Gasteiger charge is -2.10. The van der Waals surface area contributed by atoms with Crippen molar-refractivity contribution in [1.29, 1.82) is 0 Å². The van der Waals surface area contributed by atoms with Crippen LogP contribution < -0.4 is 5.32 Å². The number of rotatable bonds is 5. The summed E-state index contributed by atoms with van der Waals surface area (Å²) < 4.78 is 10.4. The fourth-order valence-electron chi connectivity index (χ4n) is 1.72. The molecule has 1 aliphatic rings. The maximum Gasteiger partial charge on any atom is 0.307 e. The van der Waals surface area contributed by atoms with Gasteiger partial charge in [-0.05, 0) is 12.1 Å². The minimum absolute atomic E-state index is 0.0424. The summed E-state index contributed by atoms with van der Waals surface area (Å²) in [4.78, 5) is 11.5. The van der Waals surface area contributed by atoms with Gasteiger partial charge in [0.1, 0.15) is 6.10 Å². The molecule has 1 aromatic carbocycles. The van der Waals surface area contributed by atoms with Crippen LogP contribution in [-0.2, 0) is 14.3 Å². The van der Waals surface area contributed by atoms with E-state index in [9.17, 15) is 4.79 Å². The van der Waals surface area contributed by atoms with Crippen molar-refractivity contribution in [1.82, 2.24) is 0 Å². The minimum atomic E-state index is -0.163. The smallest absolute Gasteiger partial charge is 0.307 e. The predicted octanol–water partition coefficient (Wildman–Crippen LogP) is 1.82. The fourth-order valence-corrected chi connectivity index (χ4v) is 1.72. The lowest BCUT2D eigenvalue weighted by Crippen LogP contribution is -2.20. The third-order valence-electron chi connectivity index (χ3n) is 2.62. The molecule has 0 spiro atoms. The molecule has 4 nitrogen and oxygen atoms in total. The van der Waals surface area contributed by atoms with E-state index >= 15 is 0 Å². The lowest BCUT2D eigenvalue weighted by atomic mass is 10.3. The van der Waals surface area contributed by atoms with Gasteiger partial charge in [0.2, 0.25) is 0 Å². The summed E-state index contributed by atoms with van der Waals surface area (Å²) in [5.74, 6) is -0.163. The van der Waals surface area contributed by atoms with Crippen LogP contribution >= 0.6 is 0 Å². The van der Waals surface area contributed by atoms with Gasteiger partial charge in [0, 0.05) is 18.7 Å². The molecule has 0 aliphatic carbocycles. The molecular weight excluding hydrogens is 218 g/mol. The van der Waals surface area contributed by atoms with E-state index in [1.807, 2.05) is 30.3 Å². The first-order valence-corrected chi connectivity index (χ1v) is 5.91. The highest BCUT2D eigenvalue weighted by Gasteiger charge is 2.19. The van der Waals surface area contributed by atoms with Crippen LogP contribution in [0.5, 0.6) is 0 Å². The summed E-state index contributed by atoms with van der Waals surface area (Å²) in [5.41, 5.74) is 1.02. The Labute approximate surface area is 101 Å². The van der Waals surface area contributed by atoms with Crippen LogP contribution in [0.4, 0.5) is 5.69 Å². The topological polar surface area (TPSA) is 47.6 Å². The van der Waals surface area contributed by atoms with Crippen molar-refractivity contribution in [3.8, 4) is 0 Å². The normalized spacial score (nSPS) is 18.9. The van der Waals surface area contributed by atoms with E-state index in [-0.39, 0.29) is 12.1 Å². The van der Waals surface area contributed by atoms with E-state index in [1.54, 1.807) is 0 Å². The number of carbonyl (C=O) groups is 1. The summed E-state index contributed by atoms with van der Waals surface area (Å²) in [7, 11) is 0. The standard InChI is InChI=1S/C13H17NO3/c15-13(17-12-7-9-16-10-12)6-8-14-11-4-2-1-3-5-11/h1-5,12,14H,6-10H2. The molecule has 0 amide bonds. The summed E-state index contributed by atoms with van der Waals surface area (Å²) in [6.45, 7) is 1.83. The fraction of sp³-hybridized carbons (Fsp3) is 0.462. The Hall–Kier alpha value is -1.55. The monoisotopic (exact) mass is 235 g/mol. The average Bonchev–Trinajstić information content (AvgIpc) is 2.83. The molecular formula is C13H17NO3. The van der Waals surface area contributed by atoms with Gasteiger partial charge >= 0.3 is 5.97 Å². The summed E-state index contributed by atoms with van der Waals surface area (Å²) >= 11 is 0. The molecule has 1 unspecified atom stereocenters. The number of hydrogen-bond donors (Lipinski definition) is 1. The molecule has 17 heavy (non-hydrogen) atoms. The molecule has 1 N–H and O–H groups in total. The highest BCUT2D eigenvalue weighted by atomic mass is 16.6.